The number of anilines is 1. The summed E-state index contributed by atoms with van der Waals surface area (Å²) in [7, 11) is 0. The number of carbonyl (C=O) groups excluding carboxylic acids is 2. The number of amides is 2. The molecular formula is C22H21F3N4O2S. The number of hydrogen-bond acceptors (Lipinski definition) is 4. The van der Waals surface area contributed by atoms with Crippen LogP contribution in [0.3, 0.4) is 0 Å². The Hall–Kier alpha value is -3.27. The molecule has 3 rings (SSSR count). The van der Waals surface area contributed by atoms with E-state index < -0.39 is 41.5 Å². The summed E-state index contributed by atoms with van der Waals surface area (Å²) in [6.07, 6.45) is 3.41. The van der Waals surface area contributed by atoms with Gasteiger partial charge in [-0.2, -0.15) is 0 Å². The van der Waals surface area contributed by atoms with Crippen LogP contribution in [-0.4, -0.2) is 33.7 Å². The highest BCUT2D eigenvalue weighted by molar-refractivity contribution is 7.99. The number of hydrogen-bond donors (Lipinski definition) is 2. The van der Waals surface area contributed by atoms with Gasteiger partial charge in [-0.25, -0.2) is 18.2 Å². The molecule has 0 spiro atoms. The Morgan fingerprint density at radius 2 is 1.75 bits per heavy atom. The number of halogens is 3. The number of benzene rings is 2. The molecule has 0 saturated carbocycles. The fourth-order valence-electron chi connectivity index (χ4n) is 2.79. The van der Waals surface area contributed by atoms with Gasteiger partial charge in [-0.05, 0) is 35.7 Å². The van der Waals surface area contributed by atoms with Crippen molar-refractivity contribution in [3.63, 3.8) is 0 Å². The van der Waals surface area contributed by atoms with Crippen LogP contribution in [0.2, 0.25) is 0 Å². The SMILES string of the molecule is CC(C)c1ccc(-n2ccnc2SCC(=O)NCC(=O)Nc2ccc(F)c(F)c2F)cc1. The molecule has 1 aromatic heterocycles. The summed E-state index contributed by atoms with van der Waals surface area (Å²) in [5.41, 5.74) is 1.61. The molecule has 0 atom stereocenters. The van der Waals surface area contributed by atoms with E-state index in [0.29, 0.717) is 17.1 Å². The minimum absolute atomic E-state index is 0.00604. The zero-order valence-electron chi connectivity index (χ0n) is 17.4. The Morgan fingerprint density at radius 1 is 1.03 bits per heavy atom. The van der Waals surface area contributed by atoms with Crippen molar-refractivity contribution < 1.29 is 22.8 Å². The predicted octanol–water partition coefficient (Wildman–Crippen LogP) is 4.26. The fourth-order valence-corrected chi connectivity index (χ4v) is 3.59. The lowest BCUT2D eigenvalue weighted by atomic mass is 10.0. The number of nitrogens with one attached hydrogen (secondary N) is 2. The molecule has 0 aliphatic carbocycles. The summed E-state index contributed by atoms with van der Waals surface area (Å²) >= 11 is 1.19. The van der Waals surface area contributed by atoms with Crippen LogP contribution in [0.5, 0.6) is 0 Å². The van der Waals surface area contributed by atoms with Crippen LogP contribution < -0.4 is 10.6 Å². The van der Waals surface area contributed by atoms with Crippen molar-refractivity contribution in [1.29, 1.82) is 0 Å². The minimum Gasteiger partial charge on any atom is -0.346 e. The third-order valence-corrected chi connectivity index (χ3v) is 5.50. The van der Waals surface area contributed by atoms with Crippen molar-refractivity contribution >= 4 is 29.3 Å². The summed E-state index contributed by atoms with van der Waals surface area (Å²) in [5.74, 6) is -5.36. The van der Waals surface area contributed by atoms with Crippen molar-refractivity contribution in [2.45, 2.75) is 24.9 Å². The van der Waals surface area contributed by atoms with Crippen LogP contribution in [0.4, 0.5) is 18.9 Å². The van der Waals surface area contributed by atoms with Gasteiger partial charge in [-0.15, -0.1) is 0 Å². The highest BCUT2D eigenvalue weighted by atomic mass is 32.2. The molecule has 0 saturated heterocycles. The Kier molecular flexibility index (Phi) is 7.57. The van der Waals surface area contributed by atoms with Crippen LogP contribution in [-0.2, 0) is 9.59 Å². The number of carbonyl (C=O) groups is 2. The van der Waals surface area contributed by atoms with Crippen molar-refractivity contribution in [2.24, 2.45) is 0 Å². The highest BCUT2D eigenvalue weighted by Gasteiger charge is 2.16. The Bertz CT molecular complexity index is 1120. The van der Waals surface area contributed by atoms with Gasteiger partial charge in [0.05, 0.1) is 18.0 Å². The van der Waals surface area contributed by atoms with E-state index in [1.165, 1.54) is 17.3 Å². The Labute approximate surface area is 187 Å². The van der Waals surface area contributed by atoms with E-state index >= 15 is 0 Å². The number of rotatable bonds is 8. The van der Waals surface area contributed by atoms with E-state index in [9.17, 15) is 22.8 Å². The lowest BCUT2D eigenvalue weighted by Crippen LogP contribution is -2.34. The zero-order valence-corrected chi connectivity index (χ0v) is 18.2. The molecule has 1 heterocycles. The molecular weight excluding hydrogens is 441 g/mol. The maximum absolute atomic E-state index is 13.6. The molecule has 3 aromatic rings. The Balaban J connectivity index is 1.51. The van der Waals surface area contributed by atoms with E-state index in [2.05, 4.69) is 29.5 Å². The summed E-state index contributed by atoms with van der Waals surface area (Å²) < 4.78 is 41.6. The number of nitrogens with zero attached hydrogens (tertiary/aromatic N) is 2. The largest absolute Gasteiger partial charge is 0.346 e. The van der Waals surface area contributed by atoms with Crippen LogP contribution in [0.1, 0.15) is 25.3 Å². The summed E-state index contributed by atoms with van der Waals surface area (Å²) in [6.45, 7) is 3.77. The fraction of sp³-hybridized carbons (Fsp3) is 0.227. The van der Waals surface area contributed by atoms with Crippen molar-refractivity contribution in [3.8, 4) is 5.69 Å². The second-order valence-corrected chi connectivity index (χ2v) is 8.11. The van der Waals surface area contributed by atoms with Gasteiger partial charge >= 0.3 is 0 Å². The van der Waals surface area contributed by atoms with Gasteiger partial charge < -0.3 is 10.6 Å². The number of imidazole rings is 1. The third kappa shape index (κ3) is 5.70. The molecule has 2 N–H and O–H groups in total. The molecule has 0 unspecified atom stereocenters. The maximum Gasteiger partial charge on any atom is 0.243 e. The summed E-state index contributed by atoms with van der Waals surface area (Å²) in [5, 5.41) is 5.08. The monoisotopic (exact) mass is 462 g/mol. The first-order valence-corrected chi connectivity index (χ1v) is 10.7. The first kappa shape index (κ1) is 23.4. The van der Waals surface area contributed by atoms with Crippen LogP contribution in [0, 0.1) is 17.5 Å². The molecule has 2 amide bonds. The van der Waals surface area contributed by atoms with Crippen molar-refractivity contribution in [2.75, 3.05) is 17.6 Å². The molecule has 6 nitrogen and oxygen atoms in total. The first-order valence-electron chi connectivity index (χ1n) is 9.72. The predicted molar refractivity (Wildman–Crippen MR) is 116 cm³/mol. The topological polar surface area (TPSA) is 76.0 Å². The number of aromatic nitrogens is 2. The summed E-state index contributed by atoms with van der Waals surface area (Å²) in [6, 6.07) is 9.62. The smallest absolute Gasteiger partial charge is 0.243 e. The van der Waals surface area contributed by atoms with E-state index in [4.69, 9.17) is 0 Å². The molecule has 0 aliphatic heterocycles. The molecule has 2 aromatic carbocycles. The molecule has 10 heteroatoms. The first-order chi connectivity index (χ1) is 15.3. The maximum atomic E-state index is 13.6. The van der Waals surface area contributed by atoms with Gasteiger partial charge in [-0.3, -0.25) is 14.2 Å². The average molecular weight is 462 g/mol. The Morgan fingerprint density at radius 3 is 2.44 bits per heavy atom. The van der Waals surface area contributed by atoms with Crippen LogP contribution in [0.25, 0.3) is 5.69 Å². The van der Waals surface area contributed by atoms with Crippen molar-refractivity contribution in [3.05, 3.63) is 71.8 Å². The second kappa shape index (κ2) is 10.4. The zero-order chi connectivity index (χ0) is 23.3. The second-order valence-electron chi connectivity index (χ2n) is 7.16. The van der Waals surface area contributed by atoms with E-state index in [0.717, 1.165) is 11.8 Å². The van der Waals surface area contributed by atoms with Gasteiger partial charge in [0.2, 0.25) is 11.8 Å². The van der Waals surface area contributed by atoms with Gasteiger partial charge in [0.25, 0.3) is 0 Å². The van der Waals surface area contributed by atoms with Crippen LogP contribution >= 0.6 is 11.8 Å². The third-order valence-electron chi connectivity index (χ3n) is 4.53. The van der Waals surface area contributed by atoms with Gasteiger partial charge in [0, 0.05) is 18.1 Å². The molecule has 168 valence electrons. The molecule has 0 fully saturated rings. The number of thioether (sulfide) groups is 1. The molecule has 0 bridgehead atoms. The molecule has 0 aliphatic rings. The van der Waals surface area contributed by atoms with E-state index in [-0.39, 0.29) is 5.75 Å². The standard InChI is InChI=1S/C22H21F3N4O2S/c1-13(2)14-3-5-15(6-4-14)29-10-9-26-22(29)32-12-19(31)27-11-18(30)28-17-8-7-16(23)20(24)21(17)25/h3-10,13H,11-12H2,1-2H3,(H,27,31)(H,28,30). The normalized spacial score (nSPS) is 10.9. The van der Waals surface area contributed by atoms with E-state index in [1.54, 1.807) is 12.4 Å². The van der Waals surface area contributed by atoms with Gasteiger partial charge in [0.15, 0.2) is 22.6 Å². The van der Waals surface area contributed by atoms with E-state index in [1.807, 2.05) is 28.8 Å². The lowest BCUT2D eigenvalue weighted by molar-refractivity contribution is -0.122. The quantitative estimate of drug-likeness (QED) is 0.388. The highest BCUT2D eigenvalue weighted by Crippen LogP contribution is 2.22. The van der Waals surface area contributed by atoms with Gasteiger partial charge in [-0.1, -0.05) is 37.7 Å². The average Bonchev–Trinajstić information content (AvgIpc) is 3.25. The molecule has 32 heavy (non-hydrogen) atoms. The van der Waals surface area contributed by atoms with Gasteiger partial charge in [0.1, 0.15) is 0 Å². The minimum atomic E-state index is -1.68. The lowest BCUT2D eigenvalue weighted by Gasteiger charge is -2.10. The molecule has 0 radical (unpaired) electrons. The summed E-state index contributed by atoms with van der Waals surface area (Å²) in [4.78, 5) is 28.2. The van der Waals surface area contributed by atoms with Crippen LogP contribution in [0.15, 0.2) is 53.9 Å². The van der Waals surface area contributed by atoms with Crippen molar-refractivity contribution in [1.82, 2.24) is 14.9 Å².